The van der Waals surface area contributed by atoms with Crippen LogP contribution in [0.1, 0.15) is 50.1 Å². The second-order valence-corrected chi connectivity index (χ2v) is 7.27. The molecule has 22 heavy (non-hydrogen) atoms. The Hall–Kier alpha value is -1.36. The Bertz CT molecular complexity index is 545. The van der Waals surface area contributed by atoms with Crippen LogP contribution in [0, 0.1) is 25.2 Å². The van der Waals surface area contributed by atoms with Crippen molar-refractivity contribution in [1.29, 1.82) is 0 Å². The number of aryl methyl sites for hydroxylation is 2. The molecule has 1 N–H and O–H groups in total. The largest absolute Gasteiger partial charge is 0.377 e. The molecule has 0 radical (unpaired) electrons. The minimum atomic E-state index is 0.0315. The Morgan fingerprint density at radius 1 is 1.41 bits per heavy atom. The first-order valence-corrected chi connectivity index (χ1v) is 8.24. The number of carbonyl (C=O) groups is 1. The first-order chi connectivity index (χ1) is 10.4. The first kappa shape index (κ1) is 15.5. The molecule has 2 fully saturated rings. The molecule has 0 bridgehead atoms. The van der Waals surface area contributed by atoms with Crippen LogP contribution in [0.5, 0.6) is 0 Å². The lowest BCUT2D eigenvalue weighted by Crippen LogP contribution is -2.70. The summed E-state index contributed by atoms with van der Waals surface area (Å²) in [4.78, 5) is 12.3. The summed E-state index contributed by atoms with van der Waals surface area (Å²) < 4.78 is 11.0. The highest BCUT2D eigenvalue weighted by atomic mass is 16.5. The van der Waals surface area contributed by atoms with Crippen LogP contribution in [0.3, 0.4) is 0 Å². The zero-order chi connectivity index (χ0) is 15.9. The smallest absolute Gasteiger partial charge is 0.220 e. The number of hydrogen-bond donors (Lipinski definition) is 1. The van der Waals surface area contributed by atoms with Crippen molar-refractivity contribution in [3.8, 4) is 0 Å². The lowest BCUT2D eigenvalue weighted by atomic mass is 9.55. The van der Waals surface area contributed by atoms with Crippen LogP contribution in [-0.4, -0.2) is 29.8 Å². The summed E-state index contributed by atoms with van der Waals surface area (Å²) in [6.07, 6.45) is 3.72. The van der Waals surface area contributed by atoms with Crippen molar-refractivity contribution in [3.05, 3.63) is 17.0 Å². The Morgan fingerprint density at radius 3 is 2.86 bits per heavy atom. The van der Waals surface area contributed by atoms with Crippen molar-refractivity contribution < 1.29 is 14.1 Å². The number of aromatic nitrogens is 1. The molecule has 1 aliphatic carbocycles. The van der Waals surface area contributed by atoms with E-state index in [4.69, 9.17) is 9.26 Å². The predicted octanol–water partition coefficient (Wildman–Crippen LogP) is 2.54. The van der Waals surface area contributed by atoms with Gasteiger partial charge in [0.25, 0.3) is 0 Å². The molecule has 1 aromatic heterocycles. The van der Waals surface area contributed by atoms with Crippen molar-refractivity contribution in [1.82, 2.24) is 10.5 Å². The SMILES string of the molecule is Cc1noc(C)c1CCC(=O)N[C@@H]1[C@@H]2CCCO[C@H]2C1(C)C. The van der Waals surface area contributed by atoms with Crippen LogP contribution in [-0.2, 0) is 16.0 Å². The molecule has 1 saturated carbocycles. The van der Waals surface area contributed by atoms with Gasteiger partial charge in [-0.2, -0.15) is 0 Å². The van der Waals surface area contributed by atoms with Gasteiger partial charge in [0.2, 0.25) is 5.91 Å². The second kappa shape index (κ2) is 5.69. The quantitative estimate of drug-likeness (QED) is 0.928. The maximum atomic E-state index is 12.3. The average Bonchev–Trinajstić information content (AvgIpc) is 2.81. The maximum absolute atomic E-state index is 12.3. The molecule has 0 aromatic carbocycles. The Balaban J connectivity index is 1.56. The van der Waals surface area contributed by atoms with Crippen molar-refractivity contribution in [2.45, 2.75) is 65.5 Å². The van der Waals surface area contributed by atoms with E-state index in [0.29, 0.717) is 24.9 Å². The molecule has 122 valence electrons. The van der Waals surface area contributed by atoms with E-state index in [1.807, 2.05) is 13.8 Å². The van der Waals surface area contributed by atoms with E-state index in [1.54, 1.807) is 0 Å². The molecule has 1 amide bonds. The number of ether oxygens (including phenoxy) is 1. The number of carbonyl (C=O) groups excluding carboxylic acids is 1. The van der Waals surface area contributed by atoms with Crippen molar-refractivity contribution in [2.75, 3.05) is 6.61 Å². The standard InChI is InChI=1S/C17H26N2O3/c1-10-12(11(2)22-19-10)7-8-14(20)18-15-13-6-5-9-21-16(13)17(15,3)4/h13,15-16H,5-9H2,1-4H3,(H,18,20)/t13-,15+,16+/m0/s1. The molecule has 1 aromatic rings. The van der Waals surface area contributed by atoms with Crippen molar-refractivity contribution in [3.63, 3.8) is 0 Å². The van der Waals surface area contributed by atoms with Gasteiger partial charge in [0, 0.05) is 36.0 Å². The van der Waals surface area contributed by atoms with E-state index in [1.165, 1.54) is 0 Å². The van der Waals surface area contributed by atoms with Gasteiger partial charge < -0.3 is 14.6 Å². The van der Waals surface area contributed by atoms with Crippen LogP contribution in [0.4, 0.5) is 0 Å². The van der Waals surface area contributed by atoms with Gasteiger partial charge in [0.15, 0.2) is 0 Å². The first-order valence-electron chi connectivity index (χ1n) is 8.24. The molecule has 1 aliphatic heterocycles. The minimum Gasteiger partial charge on any atom is -0.377 e. The molecule has 5 nitrogen and oxygen atoms in total. The molecule has 0 unspecified atom stereocenters. The molecule has 3 atom stereocenters. The lowest BCUT2D eigenvalue weighted by molar-refractivity contribution is -0.193. The zero-order valence-corrected chi connectivity index (χ0v) is 13.9. The van der Waals surface area contributed by atoms with Gasteiger partial charge in [-0.3, -0.25) is 4.79 Å². The van der Waals surface area contributed by atoms with Gasteiger partial charge in [-0.05, 0) is 33.1 Å². The van der Waals surface area contributed by atoms with E-state index in [2.05, 4.69) is 24.3 Å². The third kappa shape index (κ3) is 2.56. The summed E-state index contributed by atoms with van der Waals surface area (Å²) in [5.41, 5.74) is 1.97. The molecular weight excluding hydrogens is 280 g/mol. The zero-order valence-electron chi connectivity index (χ0n) is 13.9. The Morgan fingerprint density at radius 2 is 2.18 bits per heavy atom. The fourth-order valence-electron chi connectivity index (χ4n) is 4.16. The molecule has 1 saturated heterocycles. The monoisotopic (exact) mass is 306 g/mol. The maximum Gasteiger partial charge on any atom is 0.220 e. The normalized spacial score (nSPS) is 29.5. The molecular formula is C17H26N2O3. The van der Waals surface area contributed by atoms with E-state index in [-0.39, 0.29) is 17.4 Å². The predicted molar refractivity (Wildman–Crippen MR) is 82.5 cm³/mol. The molecule has 0 spiro atoms. The summed E-state index contributed by atoms with van der Waals surface area (Å²) in [5, 5.41) is 7.17. The van der Waals surface area contributed by atoms with Gasteiger partial charge in [0.05, 0.1) is 11.8 Å². The molecule has 2 heterocycles. The van der Waals surface area contributed by atoms with E-state index in [9.17, 15) is 4.79 Å². The number of nitrogens with one attached hydrogen (secondary N) is 1. The summed E-state index contributed by atoms with van der Waals surface area (Å²) in [7, 11) is 0. The van der Waals surface area contributed by atoms with E-state index < -0.39 is 0 Å². The van der Waals surface area contributed by atoms with E-state index in [0.717, 1.165) is 36.5 Å². The van der Waals surface area contributed by atoms with Gasteiger partial charge >= 0.3 is 0 Å². The number of fused-ring (bicyclic) bond motifs is 1. The highest BCUT2D eigenvalue weighted by Gasteiger charge is 2.58. The fraction of sp³-hybridized carbons (Fsp3) is 0.765. The van der Waals surface area contributed by atoms with Gasteiger partial charge in [-0.25, -0.2) is 0 Å². The molecule has 5 heteroatoms. The highest BCUT2D eigenvalue weighted by molar-refractivity contribution is 5.77. The molecule has 2 aliphatic rings. The third-order valence-corrected chi connectivity index (χ3v) is 5.43. The molecule has 3 rings (SSSR count). The number of hydrogen-bond acceptors (Lipinski definition) is 4. The van der Waals surface area contributed by atoms with Crippen LogP contribution < -0.4 is 5.32 Å². The summed E-state index contributed by atoms with van der Waals surface area (Å²) in [6.45, 7) is 9.06. The van der Waals surface area contributed by atoms with Gasteiger partial charge in [0.1, 0.15) is 5.76 Å². The van der Waals surface area contributed by atoms with Crippen LogP contribution >= 0.6 is 0 Å². The van der Waals surface area contributed by atoms with Crippen molar-refractivity contribution >= 4 is 5.91 Å². The number of rotatable bonds is 4. The van der Waals surface area contributed by atoms with Gasteiger partial charge in [-0.1, -0.05) is 19.0 Å². The Kier molecular flexibility index (Phi) is 4.02. The number of amides is 1. The topological polar surface area (TPSA) is 64.4 Å². The van der Waals surface area contributed by atoms with Gasteiger partial charge in [-0.15, -0.1) is 0 Å². The van der Waals surface area contributed by atoms with Crippen LogP contribution in [0.2, 0.25) is 0 Å². The minimum absolute atomic E-state index is 0.0315. The van der Waals surface area contributed by atoms with Crippen LogP contribution in [0.15, 0.2) is 4.52 Å². The highest BCUT2D eigenvalue weighted by Crippen LogP contribution is 2.51. The van der Waals surface area contributed by atoms with Crippen LogP contribution in [0.25, 0.3) is 0 Å². The van der Waals surface area contributed by atoms with E-state index >= 15 is 0 Å². The summed E-state index contributed by atoms with van der Waals surface area (Å²) in [6, 6.07) is 0.231. The van der Waals surface area contributed by atoms with Crippen molar-refractivity contribution in [2.24, 2.45) is 11.3 Å². The summed E-state index contributed by atoms with van der Waals surface area (Å²) in [5.74, 6) is 1.41. The lowest BCUT2D eigenvalue weighted by Gasteiger charge is -2.59. The number of nitrogens with zero attached hydrogens (tertiary/aromatic N) is 1. The Labute approximate surface area is 131 Å². The fourth-order valence-corrected chi connectivity index (χ4v) is 4.16. The second-order valence-electron chi connectivity index (χ2n) is 7.27. The third-order valence-electron chi connectivity index (χ3n) is 5.43. The average molecular weight is 306 g/mol. The summed E-state index contributed by atoms with van der Waals surface area (Å²) >= 11 is 0.